The quantitative estimate of drug-likeness (QED) is 0.185. The zero-order chi connectivity index (χ0) is 25.8. The van der Waals surface area contributed by atoms with Gasteiger partial charge in [-0.15, -0.1) is 0 Å². The Morgan fingerprint density at radius 1 is 0.861 bits per heavy atom. The molecular formula is C28H25Cl2NO5. The van der Waals surface area contributed by atoms with E-state index in [1.54, 1.807) is 41.3 Å². The molecule has 1 fully saturated rings. The van der Waals surface area contributed by atoms with Crippen molar-refractivity contribution < 1.29 is 23.9 Å². The van der Waals surface area contributed by atoms with Crippen molar-refractivity contribution in [1.82, 2.24) is 0 Å². The van der Waals surface area contributed by atoms with Crippen LogP contribution in [-0.4, -0.2) is 17.8 Å². The van der Waals surface area contributed by atoms with E-state index in [2.05, 4.69) is 0 Å². The minimum absolute atomic E-state index is 0.0240. The summed E-state index contributed by atoms with van der Waals surface area (Å²) in [5.74, 6) is -0.713. The molecule has 0 aromatic heterocycles. The predicted octanol–water partition coefficient (Wildman–Crippen LogP) is 6.71. The first-order valence-electron chi connectivity index (χ1n) is 11.5. The molecule has 8 heteroatoms. The van der Waals surface area contributed by atoms with Crippen molar-refractivity contribution in [2.75, 3.05) is 4.90 Å². The highest BCUT2D eigenvalue weighted by molar-refractivity contribution is 6.30. The molecule has 3 atom stereocenters. The van der Waals surface area contributed by atoms with Crippen LogP contribution in [0.5, 0.6) is 5.75 Å². The van der Waals surface area contributed by atoms with E-state index in [4.69, 9.17) is 32.7 Å². The second-order valence-electron chi connectivity index (χ2n) is 8.63. The molecule has 1 aliphatic heterocycles. The predicted molar refractivity (Wildman–Crippen MR) is 138 cm³/mol. The van der Waals surface area contributed by atoms with E-state index in [9.17, 15) is 14.4 Å². The molecule has 1 aliphatic rings. The van der Waals surface area contributed by atoms with Gasteiger partial charge < -0.3 is 14.4 Å². The molecule has 1 amide bonds. The number of ether oxygens (including phenoxy) is 2. The average Bonchev–Trinajstić information content (AvgIpc) is 2.83. The maximum Gasteiger partial charge on any atom is 0.308 e. The molecule has 4 rings (SSSR count). The summed E-state index contributed by atoms with van der Waals surface area (Å²) in [6, 6.07) is 21.2. The van der Waals surface area contributed by atoms with Crippen LogP contribution in [0.3, 0.4) is 0 Å². The molecule has 0 aliphatic carbocycles. The fraction of sp³-hybridized carbons (Fsp3) is 0.250. The molecular weight excluding hydrogens is 501 g/mol. The van der Waals surface area contributed by atoms with E-state index in [0.29, 0.717) is 28.6 Å². The van der Waals surface area contributed by atoms with Crippen molar-refractivity contribution in [1.29, 1.82) is 0 Å². The SMILES string of the molecule is CC(=O)Oc1ccc([C@@H]2C(CC[C@H](OC(C)=O)c3ccc(Cl)cc3)C(=O)N2c2ccc(Cl)cc2)cc1. The van der Waals surface area contributed by atoms with Crippen LogP contribution >= 0.6 is 23.2 Å². The van der Waals surface area contributed by atoms with E-state index in [1.807, 2.05) is 36.4 Å². The molecule has 1 saturated heterocycles. The lowest BCUT2D eigenvalue weighted by Crippen LogP contribution is -2.55. The van der Waals surface area contributed by atoms with Crippen LogP contribution in [0, 0.1) is 5.92 Å². The summed E-state index contributed by atoms with van der Waals surface area (Å²) in [6.07, 6.45) is 0.470. The first kappa shape index (κ1) is 25.7. The maximum atomic E-state index is 13.4. The molecule has 186 valence electrons. The Morgan fingerprint density at radius 3 is 2.00 bits per heavy atom. The molecule has 0 bridgehead atoms. The van der Waals surface area contributed by atoms with Gasteiger partial charge in [0.2, 0.25) is 5.91 Å². The largest absolute Gasteiger partial charge is 0.458 e. The Kier molecular flexibility index (Phi) is 7.97. The van der Waals surface area contributed by atoms with Crippen molar-refractivity contribution in [3.8, 4) is 5.75 Å². The summed E-state index contributed by atoms with van der Waals surface area (Å²) < 4.78 is 10.7. The number of carbonyl (C=O) groups is 3. The maximum absolute atomic E-state index is 13.4. The summed E-state index contributed by atoms with van der Waals surface area (Å²) >= 11 is 12.1. The monoisotopic (exact) mass is 525 g/mol. The number of hydrogen-bond donors (Lipinski definition) is 0. The Hall–Kier alpha value is -3.35. The molecule has 36 heavy (non-hydrogen) atoms. The van der Waals surface area contributed by atoms with Crippen LogP contribution in [0.4, 0.5) is 5.69 Å². The molecule has 3 aromatic carbocycles. The number of halogens is 2. The second-order valence-corrected chi connectivity index (χ2v) is 9.50. The van der Waals surface area contributed by atoms with E-state index < -0.39 is 18.0 Å². The lowest BCUT2D eigenvalue weighted by molar-refractivity contribution is -0.147. The van der Waals surface area contributed by atoms with Crippen LogP contribution in [0.2, 0.25) is 10.0 Å². The third-order valence-corrected chi connectivity index (χ3v) is 6.60. The Morgan fingerprint density at radius 2 is 1.44 bits per heavy atom. The Bertz CT molecular complexity index is 1240. The van der Waals surface area contributed by atoms with Crippen LogP contribution in [0.25, 0.3) is 0 Å². The highest BCUT2D eigenvalue weighted by Crippen LogP contribution is 2.47. The van der Waals surface area contributed by atoms with Crippen molar-refractivity contribution in [2.45, 2.75) is 38.8 Å². The number of rotatable bonds is 8. The first-order valence-corrected chi connectivity index (χ1v) is 12.3. The van der Waals surface area contributed by atoms with Crippen molar-refractivity contribution in [3.63, 3.8) is 0 Å². The molecule has 0 spiro atoms. The number of anilines is 1. The van der Waals surface area contributed by atoms with Gasteiger partial charge >= 0.3 is 11.9 Å². The molecule has 1 unspecified atom stereocenters. The molecule has 1 heterocycles. The average molecular weight is 526 g/mol. The molecule has 3 aromatic rings. The number of β-lactam (4-membered cyclic amide) rings is 1. The van der Waals surface area contributed by atoms with Gasteiger partial charge in [0.1, 0.15) is 11.9 Å². The van der Waals surface area contributed by atoms with E-state index >= 15 is 0 Å². The fourth-order valence-corrected chi connectivity index (χ4v) is 4.75. The molecule has 0 saturated carbocycles. The summed E-state index contributed by atoms with van der Waals surface area (Å²) in [5.41, 5.74) is 2.46. The van der Waals surface area contributed by atoms with Gasteiger partial charge in [-0.1, -0.05) is 47.5 Å². The summed E-state index contributed by atoms with van der Waals surface area (Å²) in [7, 11) is 0. The highest BCUT2D eigenvalue weighted by Gasteiger charge is 2.48. The van der Waals surface area contributed by atoms with Gasteiger partial charge in [-0.05, 0) is 72.5 Å². The van der Waals surface area contributed by atoms with Gasteiger partial charge in [0, 0.05) is 29.6 Å². The standard InChI is InChI=1S/C28H25Cl2NO5/c1-17(32)35-24-13-5-20(6-14-24)27-25(28(34)31(27)23-11-9-22(30)10-12-23)15-16-26(36-18(2)33)19-3-7-21(29)8-4-19/h3-14,25-27H,15-16H2,1-2H3/t25?,26-,27+/m0/s1. The van der Waals surface area contributed by atoms with Crippen molar-refractivity contribution >= 4 is 46.7 Å². The van der Waals surface area contributed by atoms with Gasteiger partial charge in [-0.3, -0.25) is 14.4 Å². The number of amides is 1. The lowest BCUT2D eigenvalue weighted by atomic mass is 9.78. The lowest BCUT2D eigenvalue weighted by Gasteiger charge is -2.48. The van der Waals surface area contributed by atoms with Gasteiger partial charge in [0.05, 0.1) is 12.0 Å². The van der Waals surface area contributed by atoms with Crippen molar-refractivity contribution in [3.05, 3.63) is 94.0 Å². The minimum Gasteiger partial charge on any atom is -0.458 e. The number of benzene rings is 3. The van der Waals surface area contributed by atoms with Crippen LogP contribution in [-0.2, 0) is 19.1 Å². The van der Waals surface area contributed by atoms with Crippen molar-refractivity contribution in [2.24, 2.45) is 5.92 Å². The molecule has 0 N–H and O–H groups in total. The minimum atomic E-state index is -0.496. The smallest absolute Gasteiger partial charge is 0.308 e. The Balaban J connectivity index is 1.59. The zero-order valence-electron chi connectivity index (χ0n) is 19.8. The van der Waals surface area contributed by atoms with E-state index in [0.717, 1.165) is 16.8 Å². The van der Waals surface area contributed by atoms with Gasteiger partial charge in [-0.2, -0.15) is 0 Å². The van der Waals surface area contributed by atoms with Crippen LogP contribution < -0.4 is 9.64 Å². The topological polar surface area (TPSA) is 72.9 Å². The molecule has 0 radical (unpaired) electrons. The summed E-state index contributed by atoms with van der Waals surface area (Å²) in [6.45, 7) is 2.71. The zero-order valence-corrected chi connectivity index (χ0v) is 21.3. The van der Waals surface area contributed by atoms with Gasteiger partial charge in [0.25, 0.3) is 0 Å². The fourth-order valence-electron chi connectivity index (χ4n) is 4.50. The highest BCUT2D eigenvalue weighted by atomic mass is 35.5. The van der Waals surface area contributed by atoms with Crippen LogP contribution in [0.1, 0.15) is 50.0 Å². The second kappa shape index (κ2) is 11.1. The summed E-state index contributed by atoms with van der Waals surface area (Å²) in [4.78, 5) is 38.2. The van der Waals surface area contributed by atoms with Gasteiger partial charge in [-0.25, -0.2) is 0 Å². The van der Waals surface area contributed by atoms with Gasteiger partial charge in [0.15, 0.2) is 0 Å². The number of carbonyl (C=O) groups excluding carboxylic acids is 3. The third-order valence-electron chi connectivity index (χ3n) is 6.09. The van der Waals surface area contributed by atoms with E-state index in [1.165, 1.54) is 13.8 Å². The van der Waals surface area contributed by atoms with E-state index in [-0.39, 0.29) is 17.9 Å². The first-order chi connectivity index (χ1) is 17.2. The summed E-state index contributed by atoms with van der Waals surface area (Å²) in [5, 5.41) is 1.17. The molecule has 6 nitrogen and oxygen atoms in total. The number of nitrogens with zero attached hydrogens (tertiary/aromatic N) is 1. The Labute approximate surface area is 219 Å². The number of hydrogen-bond acceptors (Lipinski definition) is 5. The third kappa shape index (κ3) is 5.89. The van der Waals surface area contributed by atoms with Crippen LogP contribution in [0.15, 0.2) is 72.8 Å². The number of esters is 2. The normalized spacial score (nSPS) is 17.8.